The Kier molecular flexibility index (Phi) is 3.41. The van der Waals surface area contributed by atoms with Gasteiger partial charge in [-0.25, -0.2) is 4.98 Å². The molecule has 1 aliphatic rings. The smallest absolute Gasteiger partial charge is 0.201 e. The summed E-state index contributed by atoms with van der Waals surface area (Å²) < 4.78 is 0. The molecule has 1 heterocycles. The minimum atomic E-state index is 0.455. The number of H-pyrrole nitrogens is 1. The average molecular weight is 264 g/mol. The Bertz CT molecular complexity index is 489. The van der Waals surface area contributed by atoms with Gasteiger partial charge in [-0.2, -0.15) is 0 Å². The molecule has 1 saturated carbocycles. The number of para-hydroxylation sites is 2. The van der Waals surface area contributed by atoms with Gasteiger partial charge in [0.2, 0.25) is 5.95 Å². The number of aromatic nitrogens is 2. The summed E-state index contributed by atoms with van der Waals surface area (Å²) in [6.07, 6.45) is 5.00. The normalized spacial score (nSPS) is 24.3. The Labute approximate surface area is 112 Å². The van der Waals surface area contributed by atoms with Crippen molar-refractivity contribution in [3.8, 4) is 0 Å². The summed E-state index contributed by atoms with van der Waals surface area (Å²) in [6, 6.07) is 8.56. The molecule has 3 nitrogen and oxygen atoms in total. The first-order valence-electron chi connectivity index (χ1n) is 6.64. The number of halogens is 1. The minimum Gasteiger partial charge on any atom is -0.353 e. The molecule has 1 aromatic heterocycles. The summed E-state index contributed by atoms with van der Waals surface area (Å²) in [6.45, 7) is 0. The van der Waals surface area contributed by atoms with E-state index in [9.17, 15) is 0 Å². The molecular weight excluding hydrogens is 246 g/mol. The van der Waals surface area contributed by atoms with Crippen molar-refractivity contribution in [3.05, 3.63) is 24.3 Å². The minimum absolute atomic E-state index is 0.455. The standard InChI is InChI=1S/C14H18ClN3/c15-9-10-5-1-2-6-11(10)16-14-17-12-7-3-4-8-13(12)18-14/h3-4,7-8,10-11H,1-2,5-6,9H2,(H2,16,17,18). The van der Waals surface area contributed by atoms with E-state index in [1.165, 1.54) is 25.7 Å². The number of hydrogen-bond acceptors (Lipinski definition) is 2. The van der Waals surface area contributed by atoms with Gasteiger partial charge in [-0.05, 0) is 30.9 Å². The van der Waals surface area contributed by atoms with Crippen LogP contribution in [0, 0.1) is 5.92 Å². The molecule has 4 heteroatoms. The van der Waals surface area contributed by atoms with Crippen LogP contribution in [0.5, 0.6) is 0 Å². The van der Waals surface area contributed by atoms with Crippen molar-refractivity contribution in [2.24, 2.45) is 5.92 Å². The molecule has 1 aliphatic carbocycles. The predicted molar refractivity (Wildman–Crippen MR) is 76.2 cm³/mol. The van der Waals surface area contributed by atoms with Gasteiger partial charge in [-0.1, -0.05) is 25.0 Å². The number of anilines is 1. The molecule has 0 spiro atoms. The molecule has 2 N–H and O–H groups in total. The van der Waals surface area contributed by atoms with Crippen LogP contribution in [-0.4, -0.2) is 21.9 Å². The average Bonchev–Trinajstić information content (AvgIpc) is 2.81. The number of nitrogens with zero attached hydrogens (tertiary/aromatic N) is 1. The maximum absolute atomic E-state index is 6.05. The third-order valence-electron chi connectivity index (χ3n) is 3.82. The first-order valence-corrected chi connectivity index (χ1v) is 7.17. The first kappa shape index (κ1) is 11.8. The van der Waals surface area contributed by atoms with Crippen molar-refractivity contribution in [1.82, 2.24) is 9.97 Å². The van der Waals surface area contributed by atoms with Crippen molar-refractivity contribution in [1.29, 1.82) is 0 Å². The van der Waals surface area contributed by atoms with Crippen LogP contribution < -0.4 is 5.32 Å². The SMILES string of the molecule is ClCC1CCCCC1Nc1nc2ccccc2[nH]1. The lowest BCUT2D eigenvalue weighted by Crippen LogP contribution is -2.33. The van der Waals surface area contributed by atoms with Crippen molar-refractivity contribution in [3.63, 3.8) is 0 Å². The van der Waals surface area contributed by atoms with Gasteiger partial charge in [0.15, 0.2) is 0 Å². The van der Waals surface area contributed by atoms with Crippen LogP contribution in [0.3, 0.4) is 0 Å². The summed E-state index contributed by atoms with van der Waals surface area (Å²) in [7, 11) is 0. The third kappa shape index (κ3) is 2.32. The quantitative estimate of drug-likeness (QED) is 0.828. The van der Waals surface area contributed by atoms with Crippen LogP contribution in [0.1, 0.15) is 25.7 Å². The molecule has 1 aromatic carbocycles. The Morgan fingerprint density at radius 3 is 2.94 bits per heavy atom. The van der Waals surface area contributed by atoms with Crippen LogP contribution in [0.25, 0.3) is 11.0 Å². The second-order valence-electron chi connectivity index (χ2n) is 5.05. The van der Waals surface area contributed by atoms with Gasteiger partial charge in [-0.3, -0.25) is 0 Å². The highest BCUT2D eigenvalue weighted by molar-refractivity contribution is 6.18. The number of aromatic amines is 1. The number of nitrogens with one attached hydrogen (secondary N) is 2. The largest absolute Gasteiger partial charge is 0.353 e. The molecule has 0 bridgehead atoms. The van der Waals surface area contributed by atoms with E-state index in [1.807, 2.05) is 24.3 Å². The van der Waals surface area contributed by atoms with Crippen LogP contribution in [0.4, 0.5) is 5.95 Å². The molecule has 1 fully saturated rings. The molecule has 0 aliphatic heterocycles. The molecule has 18 heavy (non-hydrogen) atoms. The van der Waals surface area contributed by atoms with E-state index in [4.69, 9.17) is 11.6 Å². The van der Waals surface area contributed by atoms with Gasteiger partial charge in [0.1, 0.15) is 0 Å². The van der Waals surface area contributed by atoms with Crippen LogP contribution in [-0.2, 0) is 0 Å². The van der Waals surface area contributed by atoms with E-state index in [0.29, 0.717) is 12.0 Å². The van der Waals surface area contributed by atoms with Crippen LogP contribution in [0.15, 0.2) is 24.3 Å². The zero-order chi connectivity index (χ0) is 12.4. The van der Waals surface area contributed by atoms with Gasteiger partial charge in [0, 0.05) is 11.9 Å². The van der Waals surface area contributed by atoms with Crippen molar-refractivity contribution < 1.29 is 0 Å². The molecule has 2 unspecified atom stereocenters. The lowest BCUT2D eigenvalue weighted by Gasteiger charge is -2.30. The summed E-state index contributed by atoms with van der Waals surface area (Å²) in [5, 5.41) is 3.52. The Morgan fingerprint density at radius 2 is 2.11 bits per heavy atom. The second kappa shape index (κ2) is 5.19. The maximum Gasteiger partial charge on any atom is 0.201 e. The third-order valence-corrected chi connectivity index (χ3v) is 4.22. The summed E-state index contributed by atoms with van der Waals surface area (Å²) >= 11 is 6.05. The van der Waals surface area contributed by atoms with E-state index in [-0.39, 0.29) is 0 Å². The highest BCUT2D eigenvalue weighted by Gasteiger charge is 2.24. The van der Waals surface area contributed by atoms with Gasteiger partial charge >= 0.3 is 0 Å². The van der Waals surface area contributed by atoms with Crippen LogP contribution >= 0.6 is 11.6 Å². The van der Waals surface area contributed by atoms with Crippen molar-refractivity contribution in [2.45, 2.75) is 31.7 Å². The molecule has 3 rings (SSSR count). The first-order chi connectivity index (χ1) is 8.86. The topological polar surface area (TPSA) is 40.7 Å². The molecule has 96 valence electrons. The van der Waals surface area contributed by atoms with Crippen molar-refractivity contribution >= 4 is 28.6 Å². The molecule has 0 radical (unpaired) electrons. The fourth-order valence-corrected chi connectivity index (χ4v) is 3.15. The van der Waals surface area contributed by atoms with E-state index < -0.39 is 0 Å². The van der Waals surface area contributed by atoms with Crippen LogP contribution in [0.2, 0.25) is 0 Å². The maximum atomic E-state index is 6.05. The second-order valence-corrected chi connectivity index (χ2v) is 5.36. The highest BCUT2D eigenvalue weighted by atomic mass is 35.5. The molecule has 0 saturated heterocycles. The summed E-state index contributed by atoms with van der Waals surface area (Å²) in [5.74, 6) is 2.17. The lowest BCUT2D eigenvalue weighted by atomic mass is 9.86. The van der Waals surface area contributed by atoms with Gasteiger partial charge in [0.05, 0.1) is 11.0 Å². The Hall–Kier alpha value is -1.22. The van der Waals surface area contributed by atoms with Gasteiger partial charge in [-0.15, -0.1) is 11.6 Å². The Morgan fingerprint density at radius 1 is 1.28 bits per heavy atom. The predicted octanol–water partition coefficient (Wildman–Crippen LogP) is 3.77. The molecule has 0 amide bonds. The fourth-order valence-electron chi connectivity index (χ4n) is 2.78. The molecule has 2 aromatic rings. The van der Waals surface area contributed by atoms with E-state index in [1.54, 1.807) is 0 Å². The molecular formula is C14H18ClN3. The number of benzene rings is 1. The number of rotatable bonds is 3. The zero-order valence-electron chi connectivity index (χ0n) is 10.3. The van der Waals surface area contributed by atoms with Gasteiger partial charge < -0.3 is 10.3 Å². The summed E-state index contributed by atoms with van der Waals surface area (Å²) in [4.78, 5) is 7.89. The zero-order valence-corrected chi connectivity index (χ0v) is 11.1. The van der Waals surface area contributed by atoms with E-state index >= 15 is 0 Å². The number of imidazole rings is 1. The van der Waals surface area contributed by atoms with E-state index in [0.717, 1.165) is 22.9 Å². The number of alkyl halides is 1. The monoisotopic (exact) mass is 263 g/mol. The van der Waals surface area contributed by atoms with E-state index in [2.05, 4.69) is 15.3 Å². The molecule has 2 atom stereocenters. The van der Waals surface area contributed by atoms with Gasteiger partial charge in [0.25, 0.3) is 0 Å². The van der Waals surface area contributed by atoms with Crippen molar-refractivity contribution in [2.75, 3.05) is 11.2 Å². The number of fused-ring (bicyclic) bond motifs is 1. The Balaban J connectivity index is 1.78. The fraction of sp³-hybridized carbons (Fsp3) is 0.500. The highest BCUT2D eigenvalue weighted by Crippen LogP contribution is 2.28. The lowest BCUT2D eigenvalue weighted by molar-refractivity contribution is 0.352. The summed E-state index contributed by atoms with van der Waals surface area (Å²) in [5.41, 5.74) is 2.09. The number of hydrogen-bond donors (Lipinski definition) is 2.